The van der Waals surface area contributed by atoms with E-state index in [1.807, 2.05) is 30.3 Å². The molecule has 1 rings (SSSR count). The standard InChI is InChI=1S/C6H7N.C4H9.Na/c7-6-4-2-1-3-5-6;1-3-4-2;/h1-5H,7H2;1,3-4H2,2H3;. The molecule has 0 heterocycles. The molecule has 1 aromatic carbocycles. The van der Waals surface area contributed by atoms with Crippen molar-refractivity contribution in [2.24, 2.45) is 0 Å². The van der Waals surface area contributed by atoms with Gasteiger partial charge in [0.1, 0.15) is 0 Å². The van der Waals surface area contributed by atoms with E-state index in [0.29, 0.717) is 0 Å². The van der Waals surface area contributed by atoms with E-state index < -0.39 is 0 Å². The molecule has 0 radical (unpaired) electrons. The topological polar surface area (TPSA) is 26.0 Å². The van der Waals surface area contributed by atoms with Crippen molar-refractivity contribution in [2.75, 3.05) is 5.73 Å². The number of nitrogens with two attached hydrogens (primary N) is 1. The predicted molar refractivity (Wildman–Crippen MR) is 56.3 cm³/mol. The van der Waals surface area contributed by atoms with Crippen LogP contribution in [0.25, 0.3) is 0 Å². The third kappa shape index (κ3) is 8.12. The second kappa shape index (κ2) is 9.11. The molecular formula is C10H16NNa. The van der Waals surface area contributed by atoms with Crippen LogP contribution in [0, 0.1) is 0 Å². The number of unbranched alkanes of at least 4 members (excludes halogenated alkanes) is 1. The number of anilines is 1. The van der Waals surface area contributed by atoms with Gasteiger partial charge in [-0.2, -0.15) is 0 Å². The SMILES string of the molecule is CCC[CH2][Na].Nc1ccccc1. The maximum Gasteiger partial charge on any atom is 0.0313 e. The summed E-state index contributed by atoms with van der Waals surface area (Å²) in [6, 6.07) is 9.49. The second-order valence-corrected chi connectivity index (χ2v) is 3.76. The summed E-state index contributed by atoms with van der Waals surface area (Å²) in [5.74, 6) is 0. The zero-order valence-corrected chi connectivity index (χ0v) is 10.1. The van der Waals surface area contributed by atoms with Crippen molar-refractivity contribution in [1.29, 1.82) is 0 Å². The molecule has 12 heavy (non-hydrogen) atoms. The first kappa shape index (κ1) is 12.0. The van der Waals surface area contributed by atoms with Crippen molar-refractivity contribution in [2.45, 2.75) is 23.4 Å². The first-order chi connectivity index (χ1) is 5.81. The van der Waals surface area contributed by atoms with Crippen molar-refractivity contribution in [3.63, 3.8) is 0 Å². The number of para-hydroxylation sites is 1. The zero-order valence-electron chi connectivity index (χ0n) is 8.09. The Balaban J connectivity index is 0.000000217. The molecule has 0 unspecified atom stereocenters. The minimum atomic E-state index is 0.822. The maximum atomic E-state index is 5.36. The molecule has 0 fully saturated rings. The summed E-state index contributed by atoms with van der Waals surface area (Å²) in [5.41, 5.74) is 6.18. The molecule has 0 aromatic heterocycles. The molecule has 0 aliphatic heterocycles. The fraction of sp³-hybridized carbons (Fsp3) is 0.400. The molecule has 0 aliphatic carbocycles. The Labute approximate surface area is 92.8 Å². The van der Waals surface area contributed by atoms with Gasteiger partial charge in [0.15, 0.2) is 0 Å². The van der Waals surface area contributed by atoms with Crippen LogP contribution in [0.2, 0.25) is 3.67 Å². The number of hydrogen-bond acceptors (Lipinski definition) is 1. The number of nitrogen functional groups attached to an aromatic ring is 1. The van der Waals surface area contributed by atoms with Crippen LogP contribution in [0.1, 0.15) is 19.8 Å². The van der Waals surface area contributed by atoms with Crippen LogP contribution in [-0.2, 0) is 0 Å². The van der Waals surface area contributed by atoms with E-state index in [4.69, 9.17) is 5.73 Å². The minimum Gasteiger partial charge on any atom is -0.399 e. The van der Waals surface area contributed by atoms with E-state index in [0.717, 1.165) is 5.69 Å². The molecule has 0 spiro atoms. The number of hydrogen-bond donors (Lipinski definition) is 1. The Morgan fingerprint density at radius 3 is 2.00 bits per heavy atom. The fourth-order valence-corrected chi connectivity index (χ4v) is 1.51. The van der Waals surface area contributed by atoms with Gasteiger partial charge in [0.05, 0.1) is 0 Å². The van der Waals surface area contributed by atoms with Crippen LogP contribution >= 0.6 is 0 Å². The van der Waals surface area contributed by atoms with E-state index in [1.165, 1.54) is 44.4 Å². The third-order valence-corrected chi connectivity index (χ3v) is 2.21. The fourth-order valence-electron chi connectivity index (χ4n) is 0.807. The van der Waals surface area contributed by atoms with E-state index in [-0.39, 0.29) is 0 Å². The van der Waals surface area contributed by atoms with Gasteiger partial charge >= 0.3 is 51.4 Å². The van der Waals surface area contributed by atoms with Crippen LogP contribution in [0.15, 0.2) is 30.3 Å². The average Bonchev–Trinajstić information content (AvgIpc) is 2.08. The maximum absolute atomic E-state index is 5.36. The molecule has 0 bridgehead atoms. The van der Waals surface area contributed by atoms with E-state index in [2.05, 4.69) is 6.92 Å². The average molecular weight is 173 g/mol. The second-order valence-electron chi connectivity index (χ2n) is 2.76. The van der Waals surface area contributed by atoms with Gasteiger partial charge in [0.2, 0.25) is 0 Å². The molecule has 0 atom stereocenters. The van der Waals surface area contributed by atoms with Crippen molar-refractivity contribution in [1.82, 2.24) is 0 Å². The van der Waals surface area contributed by atoms with Crippen molar-refractivity contribution < 1.29 is 0 Å². The molecule has 62 valence electrons. The molecule has 0 saturated carbocycles. The van der Waals surface area contributed by atoms with Gasteiger partial charge in [0, 0.05) is 5.69 Å². The smallest absolute Gasteiger partial charge is 0.0313 e. The Hall–Kier alpha value is 0.0200. The van der Waals surface area contributed by atoms with Crippen LogP contribution in [0.5, 0.6) is 0 Å². The zero-order chi connectivity index (χ0) is 9.23. The summed E-state index contributed by atoms with van der Waals surface area (Å²) < 4.78 is 1.48. The van der Waals surface area contributed by atoms with Gasteiger partial charge < -0.3 is 5.73 Å². The van der Waals surface area contributed by atoms with E-state index >= 15 is 0 Å². The minimum absolute atomic E-state index is 0.822. The van der Waals surface area contributed by atoms with Gasteiger partial charge in [-0.25, -0.2) is 0 Å². The number of rotatable bonds is 2. The monoisotopic (exact) mass is 173 g/mol. The largest absolute Gasteiger partial charge is 0.399 e. The van der Waals surface area contributed by atoms with Gasteiger partial charge in [-0.05, 0) is 12.1 Å². The van der Waals surface area contributed by atoms with Crippen molar-refractivity contribution >= 4 is 33.6 Å². The Morgan fingerprint density at radius 2 is 1.83 bits per heavy atom. The van der Waals surface area contributed by atoms with Gasteiger partial charge in [-0.1, -0.05) is 18.2 Å². The molecule has 2 heteroatoms. The molecule has 0 aliphatic rings. The van der Waals surface area contributed by atoms with Crippen molar-refractivity contribution in [3.05, 3.63) is 30.3 Å². The van der Waals surface area contributed by atoms with E-state index in [9.17, 15) is 0 Å². The summed E-state index contributed by atoms with van der Waals surface area (Å²) in [5, 5.41) is 0. The Bertz CT molecular complexity index is 172. The molecule has 0 saturated heterocycles. The molecule has 2 N–H and O–H groups in total. The van der Waals surface area contributed by atoms with Gasteiger partial charge in [0.25, 0.3) is 0 Å². The molecule has 0 amide bonds. The van der Waals surface area contributed by atoms with Crippen LogP contribution in [-0.4, -0.2) is 27.9 Å². The summed E-state index contributed by atoms with van der Waals surface area (Å²) >= 11 is 1.40. The molecular weight excluding hydrogens is 157 g/mol. The first-order valence-electron chi connectivity index (χ1n) is 4.61. The quantitative estimate of drug-likeness (QED) is 0.540. The van der Waals surface area contributed by atoms with Crippen LogP contribution in [0.3, 0.4) is 0 Å². The van der Waals surface area contributed by atoms with Crippen molar-refractivity contribution in [3.8, 4) is 0 Å². The normalized spacial score (nSPS) is 8.58. The Morgan fingerprint density at radius 1 is 1.25 bits per heavy atom. The third-order valence-electron chi connectivity index (χ3n) is 1.51. The van der Waals surface area contributed by atoms with E-state index in [1.54, 1.807) is 0 Å². The molecule has 1 aromatic rings. The summed E-state index contributed by atoms with van der Waals surface area (Å²) in [7, 11) is 0. The molecule has 1 nitrogen and oxygen atoms in total. The van der Waals surface area contributed by atoms with Crippen LogP contribution in [0.4, 0.5) is 5.69 Å². The number of benzene rings is 1. The summed E-state index contributed by atoms with van der Waals surface area (Å²) in [6.45, 7) is 2.23. The predicted octanol–water partition coefficient (Wildman–Crippen LogP) is 2.64. The first-order valence-corrected chi connectivity index (χ1v) is 6.03. The van der Waals surface area contributed by atoms with Crippen LogP contribution < -0.4 is 5.73 Å². The van der Waals surface area contributed by atoms with Gasteiger partial charge in [-0.15, -0.1) is 0 Å². The van der Waals surface area contributed by atoms with Gasteiger partial charge in [-0.3, -0.25) is 0 Å². The summed E-state index contributed by atoms with van der Waals surface area (Å²) in [6.07, 6.45) is 2.83. The summed E-state index contributed by atoms with van der Waals surface area (Å²) in [4.78, 5) is 0. The Kier molecular flexibility index (Phi) is 9.13.